The van der Waals surface area contributed by atoms with E-state index in [4.69, 9.17) is 10.2 Å². The number of ether oxygens (including phenoxy) is 1. The lowest BCUT2D eigenvalue weighted by Gasteiger charge is -2.09. The van der Waals surface area contributed by atoms with Crippen molar-refractivity contribution in [2.45, 2.75) is 38.0 Å². The standard InChI is InChI=1S/C6H11FO3/c1-3(7)5-2-4(8)6(9)10-5/h3-6,8-9H,2H2,1H3. The maximum absolute atomic E-state index is 12.4. The summed E-state index contributed by atoms with van der Waals surface area (Å²) in [5.41, 5.74) is 0. The molecule has 0 amide bonds. The third kappa shape index (κ3) is 1.45. The van der Waals surface area contributed by atoms with E-state index in [2.05, 4.69) is 4.74 Å². The summed E-state index contributed by atoms with van der Waals surface area (Å²) in [5.74, 6) is 0. The van der Waals surface area contributed by atoms with Crippen LogP contribution in [0.2, 0.25) is 0 Å². The normalized spacial score (nSPS) is 43.8. The van der Waals surface area contributed by atoms with Gasteiger partial charge in [0.2, 0.25) is 0 Å². The highest BCUT2D eigenvalue weighted by Gasteiger charge is 2.35. The summed E-state index contributed by atoms with van der Waals surface area (Å²) in [6.07, 6.45) is -3.73. The summed E-state index contributed by atoms with van der Waals surface area (Å²) in [6, 6.07) is 0. The van der Waals surface area contributed by atoms with Gasteiger partial charge in [0.1, 0.15) is 12.3 Å². The van der Waals surface area contributed by atoms with Gasteiger partial charge in [0.05, 0.1) is 6.10 Å². The Hall–Kier alpha value is -0.190. The number of halogens is 1. The van der Waals surface area contributed by atoms with Gasteiger partial charge in [-0.3, -0.25) is 0 Å². The Labute approximate surface area is 58.4 Å². The molecule has 10 heavy (non-hydrogen) atoms. The quantitative estimate of drug-likeness (QED) is 0.544. The number of alkyl halides is 1. The Morgan fingerprint density at radius 1 is 1.60 bits per heavy atom. The fourth-order valence-corrected chi connectivity index (χ4v) is 0.976. The Balaban J connectivity index is 2.41. The van der Waals surface area contributed by atoms with Crippen LogP contribution in [0.25, 0.3) is 0 Å². The minimum absolute atomic E-state index is 0.179. The second-order valence-electron chi connectivity index (χ2n) is 2.55. The van der Waals surface area contributed by atoms with Crippen LogP contribution in [-0.2, 0) is 4.74 Å². The van der Waals surface area contributed by atoms with Crippen molar-refractivity contribution in [2.24, 2.45) is 0 Å². The van der Waals surface area contributed by atoms with Crippen molar-refractivity contribution >= 4 is 0 Å². The van der Waals surface area contributed by atoms with Crippen molar-refractivity contribution in [2.75, 3.05) is 0 Å². The van der Waals surface area contributed by atoms with E-state index >= 15 is 0 Å². The predicted octanol–water partition coefficient (Wildman–Crippen LogP) is -0.187. The van der Waals surface area contributed by atoms with Crippen LogP contribution in [0.3, 0.4) is 0 Å². The zero-order valence-electron chi connectivity index (χ0n) is 5.70. The molecule has 0 aromatic heterocycles. The van der Waals surface area contributed by atoms with Crippen LogP contribution in [0, 0.1) is 0 Å². The number of rotatable bonds is 1. The molecule has 2 N–H and O–H groups in total. The molecular formula is C6H11FO3. The molecule has 4 unspecified atom stereocenters. The Bertz CT molecular complexity index is 108. The largest absolute Gasteiger partial charge is 0.388 e. The fourth-order valence-electron chi connectivity index (χ4n) is 0.976. The van der Waals surface area contributed by atoms with Gasteiger partial charge in [0, 0.05) is 6.42 Å². The van der Waals surface area contributed by atoms with Crippen molar-refractivity contribution in [3.8, 4) is 0 Å². The molecule has 1 heterocycles. The highest BCUT2D eigenvalue weighted by molar-refractivity contribution is 4.78. The highest BCUT2D eigenvalue weighted by Crippen LogP contribution is 2.22. The second-order valence-corrected chi connectivity index (χ2v) is 2.55. The zero-order chi connectivity index (χ0) is 7.72. The summed E-state index contributed by atoms with van der Waals surface area (Å²) in [6.45, 7) is 1.34. The van der Waals surface area contributed by atoms with Gasteiger partial charge in [-0.2, -0.15) is 0 Å². The lowest BCUT2D eigenvalue weighted by Crippen LogP contribution is -2.20. The lowest BCUT2D eigenvalue weighted by molar-refractivity contribution is -0.136. The molecule has 0 saturated carbocycles. The molecule has 60 valence electrons. The van der Waals surface area contributed by atoms with Gasteiger partial charge in [-0.05, 0) is 6.92 Å². The van der Waals surface area contributed by atoms with Crippen molar-refractivity contribution in [1.29, 1.82) is 0 Å². The molecule has 0 bridgehead atoms. The van der Waals surface area contributed by atoms with Gasteiger partial charge in [0.25, 0.3) is 0 Å². The molecule has 1 rings (SSSR count). The van der Waals surface area contributed by atoms with Crippen LogP contribution < -0.4 is 0 Å². The SMILES string of the molecule is CC(F)C1CC(O)C(O)O1. The summed E-state index contributed by atoms with van der Waals surface area (Å²) < 4.78 is 17.1. The average Bonchev–Trinajstić information content (AvgIpc) is 2.13. The number of aliphatic hydroxyl groups excluding tert-OH is 2. The third-order valence-corrected chi connectivity index (χ3v) is 1.63. The van der Waals surface area contributed by atoms with E-state index in [1.807, 2.05) is 0 Å². The summed E-state index contributed by atoms with van der Waals surface area (Å²) in [5, 5.41) is 17.7. The molecule has 1 fully saturated rings. The second kappa shape index (κ2) is 2.82. The molecule has 0 spiro atoms. The minimum atomic E-state index is -1.21. The monoisotopic (exact) mass is 150 g/mol. The van der Waals surface area contributed by atoms with Crippen molar-refractivity contribution in [3.63, 3.8) is 0 Å². The van der Waals surface area contributed by atoms with Gasteiger partial charge in [0.15, 0.2) is 6.29 Å². The molecule has 3 nitrogen and oxygen atoms in total. The van der Waals surface area contributed by atoms with Crippen molar-refractivity contribution < 1.29 is 19.3 Å². The third-order valence-electron chi connectivity index (χ3n) is 1.63. The Morgan fingerprint density at radius 3 is 2.40 bits per heavy atom. The van der Waals surface area contributed by atoms with E-state index in [0.717, 1.165) is 0 Å². The van der Waals surface area contributed by atoms with E-state index in [0.29, 0.717) is 0 Å². The molecule has 0 radical (unpaired) electrons. The molecule has 0 aliphatic carbocycles. The molecule has 0 aromatic carbocycles. The van der Waals surface area contributed by atoms with Gasteiger partial charge in [-0.25, -0.2) is 4.39 Å². The topological polar surface area (TPSA) is 49.7 Å². The number of hydrogen-bond donors (Lipinski definition) is 2. The van der Waals surface area contributed by atoms with Gasteiger partial charge in [-0.15, -0.1) is 0 Å². The van der Waals surface area contributed by atoms with Crippen LogP contribution in [0.5, 0.6) is 0 Å². The van der Waals surface area contributed by atoms with E-state index in [9.17, 15) is 4.39 Å². The van der Waals surface area contributed by atoms with Gasteiger partial charge in [-0.1, -0.05) is 0 Å². The molecule has 1 aliphatic heterocycles. The zero-order valence-corrected chi connectivity index (χ0v) is 5.70. The van der Waals surface area contributed by atoms with E-state index < -0.39 is 24.7 Å². The first-order valence-corrected chi connectivity index (χ1v) is 3.27. The summed E-state index contributed by atoms with van der Waals surface area (Å²) in [7, 11) is 0. The number of aliphatic hydroxyl groups is 2. The molecule has 1 aliphatic rings. The lowest BCUT2D eigenvalue weighted by atomic mass is 10.1. The van der Waals surface area contributed by atoms with Crippen molar-refractivity contribution in [3.05, 3.63) is 0 Å². The Morgan fingerprint density at radius 2 is 2.20 bits per heavy atom. The first-order valence-electron chi connectivity index (χ1n) is 3.27. The van der Waals surface area contributed by atoms with Crippen LogP contribution in [0.4, 0.5) is 4.39 Å². The first kappa shape index (κ1) is 7.91. The maximum Gasteiger partial charge on any atom is 0.181 e. The number of hydrogen-bond acceptors (Lipinski definition) is 3. The summed E-state index contributed by atoms with van der Waals surface area (Å²) >= 11 is 0. The maximum atomic E-state index is 12.4. The van der Waals surface area contributed by atoms with Crippen LogP contribution in [0.15, 0.2) is 0 Å². The molecule has 4 atom stereocenters. The molecule has 0 aromatic rings. The van der Waals surface area contributed by atoms with Gasteiger partial charge >= 0.3 is 0 Å². The average molecular weight is 150 g/mol. The van der Waals surface area contributed by atoms with Crippen LogP contribution >= 0.6 is 0 Å². The van der Waals surface area contributed by atoms with Gasteiger partial charge < -0.3 is 14.9 Å². The molecule has 1 saturated heterocycles. The van der Waals surface area contributed by atoms with Crippen molar-refractivity contribution in [1.82, 2.24) is 0 Å². The van der Waals surface area contributed by atoms with E-state index in [-0.39, 0.29) is 6.42 Å². The minimum Gasteiger partial charge on any atom is -0.388 e. The predicted molar refractivity (Wildman–Crippen MR) is 32.1 cm³/mol. The van der Waals surface area contributed by atoms with Crippen LogP contribution in [0.1, 0.15) is 13.3 Å². The van der Waals surface area contributed by atoms with E-state index in [1.54, 1.807) is 0 Å². The fraction of sp³-hybridized carbons (Fsp3) is 1.00. The summed E-state index contributed by atoms with van der Waals surface area (Å²) in [4.78, 5) is 0. The Kier molecular flexibility index (Phi) is 2.23. The molecule has 4 heteroatoms. The van der Waals surface area contributed by atoms with E-state index in [1.165, 1.54) is 6.92 Å². The smallest absolute Gasteiger partial charge is 0.181 e. The first-order chi connectivity index (χ1) is 4.61. The molecular weight excluding hydrogens is 139 g/mol. The highest BCUT2D eigenvalue weighted by atomic mass is 19.1. The van der Waals surface area contributed by atoms with Crippen LogP contribution in [-0.4, -0.2) is 34.9 Å².